The Kier molecular flexibility index (Phi) is 26.5. The van der Waals surface area contributed by atoms with E-state index in [2.05, 4.69) is 103 Å². The fourth-order valence-electron chi connectivity index (χ4n) is 15.6. The van der Waals surface area contributed by atoms with Crippen molar-refractivity contribution in [1.82, 2.24) is 119 Å². The fourth-order valence-corrected chi connectivity index (χ4v) is 27.4. The van der Waals surface area contributed by atoms with Gasteiger partial charge in [-0.05, 0) is 83.3 Å². The molecule has 6 unspecified atom stereocenters. The lowest BCUT2D eigenvalue weighted by atomic mass is 10.1. The van der Waals surface area contributed by atoms with Gasteiger partial charge in [-0.2, -0.15) is 24.3 Å². The first-order chi connectivity index (χ1) is 63.9. The molecule has 12 aromatic heterocycles. The van der Waals surface area contributed by atoms with Gasteiger partial charge in [0.2, 0.25) is 17.8 Å². The Labute approximate surface area is 784 Å². The average Bonchev–Trinajstić information content (AvgIpc) is 1.63. The monoisotopic (exact) mass is 2160 g/mol. The summed E-state index contributed by atoms with van der Waals surface area (Å²) in [7, 11) is 0. The zero-order valence-electron chi connectivity index (χ0n) is 66.8. The van der Waals surface area contributed by atoms with Crippen LogP contribution in [0.4, 0.5) is 61.2 Å². The molecular weight excluding hydrogens is 2100 g/mol. The van der Waals surface area contributed by atoms with E-state index in [1.54, 1.807) is 12.1 Å². The van der Waals surface area contributed by atoms with Crippen molar-refractivity contribution in [3.8, 4) is 0 Å². The first-order valence-electron chi connectivity index (χ1n) is 38.7. The van der Waals surface area contributed by atoms with E-state index in [4.69, 9.17) is 167 Å². The molecule has 9 fully saturated rings. The van der Waals surface area contributed by atoms with Crippen molar-refractivity contribution in [2.45, 2.75) is 144 Å². The predicted octanol–water partition coefficient (Wildman–Crippen LogP) is 1.79. The number of thiol groups is 1. The number of imidazole rings is 1. The van der Waals surface area contributed by atoms with Crippen LogP contribution in [0.1, 0.15) is 35.7 Å². The number of rotatable bonds is 6. The molecule has 0 amide bonds. The summed E-state index contributed by atoms with van der Waals surface area (Å²) in [6.45, 7) is -29.7. The molecule has 75 heteroatoms. The van der Waals surface area contributed by atoms with Crippen LogP contribution >= 0.6 is 76.2 Å². The molecule has 0 spiro atoms. The molecule has 0 aliphatic carbocycles. The van der Waals surface area contributed by atoms with Gasteiger partial charge >= 0.3 is 40.4 Å². The Morgan fingerprint density at radius 3 is 1.26 bits per heavy atom. The van der Waals surface area contributed by atoms with E-state index in [1.165, 1.54) is 52.4 Å². The van der Waals surface area contributed by atoms with Crippen molar-refractivity contribution in [1.29, 1.82) is 0 Å². The number of hydrogen-bond acceptors (Lipinski definition) is 48. The molecule has 12 aromatic rings. The van der Waals surface area contributed by atoms with Crippen molar-refractivity contribution in [2.75, 3.05) is 74.0 Å². The largest absolute Gasteiger partial charge is 0.398 e. The Bertz CT molecular complexity index is 6510. The number of alkyl halides is 6. The molecule has 9 aliphatic rings. The van der Waals surface area contributed by atoms with Gasteiger partial charge in [-0.1, -0.05) is 33.1 Å². The van der Waals surface area contributed by atoms with Crippen LogP contribution in [0.2, 0.25) is 0 Å². The van der Waals surface area contributed by atoms with Crippen LogP contribution < -0.4 is 51.1 Å². The molecule has 726 valence electrons. The van der Waals surface area contributed by atoms with Crippen LogP contribution in [-0.4, -0.2) is 292 Å². The molecule has 20 N–H and O–H groups in total. The molecule has 135 heavy (non-hydrogen) atoms. The minimum absolute atomic E-state index is 0.0921. The highest BCUT2D eigenvalue weighted by Gasteiger charge is 2.59. The average molecular weight is 2160 g/mol. The molecule has 0 saturated carbocycles. The normalized spacial score (nSPS) is 37.7. The summed E-state index contributed by atoms with van der Waals surface area (Å²) in [4.78, 5) is 127. The summed E-state index contributed by atoms with van der Waals surface area (Å²) in [6.07, 6.45) is -26.2. The van der Waals surface area contributed by atoms with Crippen molar-refractivity contribution in [2.24, 2.45) is 0 Å². The second-order valence-corrected chi connectivity index (χ2v) is 49.8. The summed E-state index contributed by atoms with van der Waals surface area (Å²) in [5.41, 5.74) is 33.8. The zero-order chi connectivity index (χ0) is 95.5. The van der Waals surface area contributed by atoms with E-state index < -0.39 is 241 Å². The number of ether oxygens (including phenoxy) is 4. The number of pyridine rings is 3. The van der Waals surface area contributed by atoms with Gasteiger partial charge < -0.3 is 105 Å². The number of aromatic amines is 3. The molecule has 55 nitrogen and oxygen atoms in total. The highest BCUT2D eigenvalue weighted by Crippen LogP contribution is 2.63. The predicted molar refractivity (Wildman–Crippen MR) is 477 cm³/mol. The maximum absolute atomic E-state index is 16.0. The number of nitrogens with zero attached hydrogens (tertiary/aromatic N) is 21. The van der Waals surface area contributed by atoms with Crippen molar-refractivity contribution >= 4 is 237 Å². The Hall–Kier alpha value is -7.23. The number of nitrogens with one attached hydrogen (secondary N) is 3. The molecule has 21 rings (SSSR count). The SMILES string of the molecule is Nc1nc2c(nnn2[C@@H]2O[C@@H]3COP(=O)(S)O[C@H]4[C@H](F)[C@H](n5ccc6c(N)ccnc65)O[C@@H]4COP(O)(=S)O[C@@H]2[C@@H]3F)c(=O)[nH]1.Nc1nc2c(nnn2[C@@H]2S[C@@H]3COP(O)(=S)O[C@H]4[C@H](F)[C@H](n5cnc6c(N)ccnc65)O[C@@H]4COP(O)(=S)O[C@@H]2[C@@H]3F)c(=O)[nH]1.Nc1nc2c(nnn2[C@@H]2S[C@@H]3COP(O)(=S)O[C@H]4[C@H](F)[C@H](n5nnc6c(N)ccnc65)O[C@@H]4COP(O)(=S)O[C@@H]2[C@@H]3F)c(=O)[nH]1. The number of hydrogen-bond donors (Lipinski definition) is 15. The lowest BCUT2D eigenvalue weighted by Gasteiger charge is -2.27. The number of H-pyrrole nitrogens is 3. The minimum atomic E-state index is -4.44. The third kappa shape index (κ3) is 18.9. The van der Waals surface area contributed by atoms with E-state index in [-0.39, 0.29) is 73.8 Å². The third-order valence-corrected chi connectivity index (χ3v) is 34.0. The molecule has 9 aliphatic heterocycles. The highest BCUT2D eigenvalue weighted by molar-refractivity contribution is 8.44. The van der Waals surface area contributed by atoms with Crippen LogP contribution in [0.3, 0.4) is 0 Å². The number of anilines is 6. The van der Waals surface area contributed by atoms with Gasteiger partial charge in [-0.25, -0.2) is 60.2 Å². The molecule has 0 aromatic carbocycles. The minimum Gasteiger partial charge on any atom is -0.398 e. The standard InChI is InChI=1S/C21H23F2N9O9P2S2.C20H22F2N10O8P2S3.C19H21F2N11O8P2S3/c22-11-9-5-36-42(34,44)40-14-10(39-19(12(14)23)31-4-2-7-8(24)1-3-26-16(7)31)6-37-43(35,45)41-15(11)20(38-9)32-17-13(29-30-32)18(33)28-21(25)27-17;21-9-8-4-37-42(35,44)39-13-7(38-18(10(13)22)31-5-26-11-6(23)1-2-25-15(11)31)3-36-41(34,43)40-14(9)19(45-8)32-16-12(29-30-32)17(33)28-20(24)27-16;20-8-7-4-37-42(35,44)39-12-6(38-17(9(12)21)31-14-10(27-29-31)5(22)1-2-24-14)3-36-41(34,43)40-13(8)18(45-7)32-15-11(28-30-32)16(33)26-19(23)25-15/h1-4,9-12,14-15,19-20H,5-6H2,(H2,24,26)(H,34,44)(H,35,45)(H3,25,27,28,33);1-2,5,7-10,13-14,18-19H,3-4H2,(H2,23,25)(H,34,43)(H,35,44)(H3,24,27,28,33);1-2,6-9,12-13,17-18H,3-4H2,(H2,22,24)(H,34,43)(H,35,44)(H3,23,25,26,33)/t9-,10-,11-,12+,14-,15-,19-,20-,42?,43?;7-,8-,9-,10+,13-,14-,18-,19-,41?,42?;6-,7-,8-,9+,12-,13-,17-,18-,41?,42?/m111/s1. The van der Waals surface area contributed by atoms with Crippen LogP contribution in [0, 0.1) is 0 Å². The smallest absolute Gasteiger partial charge is 0.386 e. The molecule has 0 radical (unpaired) electrons. The van der Waals surface area contributed by atoms with Crippen LogP contribution in [-0.2, 0) is 137 Å². The van der Waals surface area contributed by atoms with E-state index in [0.717, 1.165) is 42.3 Å². The molecular formula is C60H66F6N30O25P6S8. The Morgan fingerprint density at radius 1 is 0.393 bits per heavy atom. The number of halogens is 6. The third-order valence-electron chi connectivity index (χ3n) is 21.6. The van der Waals surface area contributed by atoms with Crippen molar-refractivity contribution < 1.29 is 129 Å². The topological polar surface area (TPSA) is 744 Å². The number of thioether (sulfide) groups is 2. The summed E-state index contributed by atoms with van der Waals surface area (Å²) in [5.74, 6) is -0.794. The van der Waals surface area contributed by atoms with E-state index in [9.17, 15) is 43.4 Å². The van der Waals surface area contributed by atoms with Gasteiger partial charge in [0, 0.05) is 35.9 Å². The number of fused-ring (bicyclic) bond motifs is 15. The van der Waals surface area contributed by atoms with Crippen molar-refractivity contribution in [3.05, 3.63) is 86.4 Å². The lowest BCUT2D eigenvalue weighted by molar-refractivity contribution is -0.0625. The van der Waals surface area contributed by atoms with E-state index in [0.29, 0.717) is 27.9 Å². The van der Waals surface area contributed by atoms with Crippen LogP contribution in [0.5, 0.6) is 0 Å². The van der Waals surface area contributed by atoms with Gasteiger partial charge in [0.1, 0.15) is 95.3 Å². The second kappa shape index (κ2) is 37.0. The van der Waals surface area contributed by atoms with E-state index >= 15 is 26.3 Å². The van der Waals surface area contributed by atoms with Gasteiger partial charge in [-0.15, -0.1) is 43.9 Å². The van der Waals surface area contributed by atoms with Gasteiger partial charge in [0.05, 0.1) is 67.8 Å². The summed E-state index contributed by atoms with van der Waals surface area (Å²) in [5, 5.41) is 26.9. The number of nitrogen functional groups attached to an aromatic ring is 6. The first-order valence-corrected chi connectivity index (χ1v) is 56.3. The lowest BCUT2D eigenvalue weighted by Crippen LogP contribution is -2.34. The quantitative estimate of drug-likeness (QED) is 0.0641. The van der Waals surface area contributed by atoms with Gasteiger partial charge in [0.25, 0.3) is 16.7 Å². The summed E-state index contributed by atoms with van der Waals surface area (Å²) >= 11 is 31.6. The van der Waals surface area contributed by atoms with Crippen LogP contribution in [0.25, 0.3) is 66.9 Å². The summed E-state index contributed by atoms with van der Waals surface area (Å²) in [6, 6.07) is 6.20. The number of nitrogens with two attached hydrogens (primary N) is 6. The Balaban J connectivity index is 0.000000130. The molecule has 21 heterocycles. The Morgan fingerprint density at radius 2 is 0.763 bits per heavy atom. The molecule has 30 atom stereocenters. The first kappa shape index (κ1) is 96.6. The van der Waals surface area contributed by atoms with Crippen LogP contribution in [0.15, 0.2) is 69.8 Å². The van der Waals surface area contributed by atoms with Gasteiger partial charge in [-0.3, -0.25) is 65.6 Å². The number of aromatic nitrogens is 24. The zero-order valence-corrected chi connectivity index (χ0v) is 78.8. The summed E-state index contributed by atoms with van der Waals surface area (Å²) < 4.78 is 205. The van der Waals surface area contributed by atoms with Crippen molar-refractivity contribution in [3.63, 3.8) is 0 Å². The fraction of sp³-hybridized carbons (Fsp3) is 0.500. The maximum Gasteiger partial charge on any atom is 0.386 e. The highest BCUT2D eigenvalue weighted by atomic mass is 32.7. The van der Waals surface area contributed by atoms with E-state index in [1.807, 2.05) is 0 Å². The molecule has 6 bridgehead atoms. The van der Waals surface area contributed by atoms with Gasteiger partial charge in [0.15, 0.2) is 99.9 Å². The maximum atomic E-state index is 16.0. The second-order valence-electron chi connectivity index (χ2n) is 30.2. The molecule has 9 saturated heterocycles.